The van der Waals surface area contributed by atoms with Crippen LogP contribution in [-0.2, 0) is 4.74 Å². The normalized spacial score (nSPS) is 19.7. The fourth-order valence-corrected chi connectivity index (χ4v) is 4.53. The molecule has 0 saturated carbocycles. The Bertz CT molecular complexity index is 837. The van der Waals surface area contributed by atoms with Crippen LogP contribution < -0.4 is 5.32 Å². The van der Waals surface area contributed by atoms with Crippen LogP contribution in [-0.4, -0.2) is 62.1 Å². The second kappa shape index (κ2) is 7.96. The number of halogens is 1. The van der Waals surface area contributed by atoms with Crippen LogP contribution in [0.2, 0.25) is 0 Å². The molecule has 0 bridgehead atoms. The van der Waals surface area contributed by atoms with Gasteiger partial charge in [-0.1, -0.05) is 0 Å². The third-order valence-corrected chi connectivity index (χ3v) is 6.13. The molecule has 2 aromatic rings. The monoisotopic (exact) mass is 388 g/mol. The summed E-state index contributed by atoms with van der Waals surface area (Å²) in [7, 11) is 3.95. The minimum atomic E-state index is -0.254. The Morgan fingerprint density at radius 1 is 1.33 bits per heavy atom. The van der Waals surface area contributed by atoms with Crippen LogP contribution in [0, 0.1) is 5.82 Å². The number of nitrogens with one attached hydrogen (secondary N) is 1. The number of benzene rings is 1. The Labute approximate surface area is 163 Å². The van der Waals surface area contributed by atoms with Gasteiger partial charge >= 0.3 is 0 Å². The van der Waals surface area contributed by atoms with Gasteiger partial charge in [0.15, 0.2) is 0 Å². The van der Waals surface area contributed by atoms with Crippen molar-refractivity contribution >= 4 is 33.5 Å². The van der Waals surface area contributed by atoms with Crippen molar-refractivity contribution in [1.29, 1.82) is 0 Å². The average molecular weight is 389 g/mol. The second-order valence-corrected chi connectivity index (χ2v) is 8.02. The van der Waals surface area contributed by atoms with Gasteiger partial charge in [0.1, 0.15) is 16.7 Å². The molecule has 1 aromatic carbocycles. The molecule has 1 atom stereocenters. The van der Waals surface area contributed by atoms with Crippen LogP contribution in [0.25, 0.3) is 0 Å². The molecule has 0 spiro atoms. The maximum Gasteiger partial charge on any atom is 0.139 e. The van der Waals surface area contributed by atoms with E-state index >= 15 is 0 Å². The smallest absolute Gasteiger partial charge is 0.139 e. The number of anilines is 2. The van der Waals surface area contributed by atoms with E-state index in [1.807, 2.05) is 0 Å². The number of likely N-dealkylation sites (N-methyl/N-ethyl adjacent to an activating group) is 1. The van der Waals surface area contributed by atoms with Crippen LogP contribution in [0.4, 0.5) is 20.8 Å². The number of fused-ring (bicyclic) bond motifs is 2. The van der Waals surface area contributed by atoms with Crippen molar-refractivity contribution in [3.8, 4) is 0 Å². The Morgan fingerprint density at radius 3 is 3.07 bits per heavy atom. The number of thiophene rings is 1. The molecule has 1 aromatic heterocycles. The Kier molecular flexibility index (Phi) is 5.43. The van der Waals surface area contributed by atoms with E-state index in [0.29, 0.717) is 6.04 Å². The summed E-state index contributed by atoms with van der Waals surface area (Å²) in [6.07, 6.45) is 2.16. The highest BCUT2D eigenvalue weighted by Crippen LogP contribution is 2.38. The predicted molar refractivity (Wildman–Crippen MR) is 109 cm³/mol. The molecular formula is C20H25FN4OS. The highest BCUT2D eigenvalue weighted by atomic mass is 32.1. The Hall–Kier alpha value is -1.96. The van der Waals surface area contributed by atoms with E-state index in [0.717, 1.165) is 66.9 Å². The second-order valence-electron chi connectivity index (χ2n) is 7.10. The number of methoxy groups -OCH3 is 1. The lowest BCUT2D eigenvalue weighted by atomic mass is 10.1. The standard InChI is InChI=1S/C20H25FN4OS/c1-24-8-9-25(13-15(24)4-3-10-26-2)19-16-7-11-27-20(16)23-18-12-14(21)5-6-17(18)22-19/h5-7,11-12,15,23H,3-4,8-10,13H2,1-2H3. The van der Waals surface area contributed by atoms with Gasteiger partial charge < -0.3 is 15.0 Å². The number of amidine groups is 1. The summed E-state index contributed by atoms with van der Waals surface area (Å²) in [5.41, 5.74) is 2.60. The van der Waals surface area contributed by atoms with Gasteiger partial charge in [0.05, 0.1) is 16.9 Å². The molecule has 1 saturated heterocycles. The molecule has 0 radical (unpaired) electrons. The number of hydrogen-bond acceptors (Lipinski definition) is 6. The largest absolute Gasteiger partial charge is 0.385 e. The van der Waals surface area contributed by atoms with Crippen molar-refractivity contribution in [2.45, 2.75) is 18.9 Å². The van der Waals surface area contributed by atoms with E-state index in [1.165, 1.54) is 12.1 Å². The fourth-order valence-electron chi connectivity index (χ4n) is 3.74. The van der Waals surface area contributed by atoms with Crippen molar-refractivity contribution in [3.05, 3.63) is 41.0 Å². The summed E-state index contributed by atoms with van der Waals surface area (Å²) in [5.74, 6) is 0.727. The van der Waals surface area contributed by atoms with Crippen molar-refractivity contribution in [2.75, 3.05) is 45.7 Å². The Balaban J connectivity index is 1.64. The van der Waals surface area contributed by atoms with Crippen LogP contribution in [0.3, 0.4) is 0 Å². The summed E-state index contributed by atoms with van der Waals surface area (Å²) >= 11 is 1.63. The highest BCUT2D eigenvalue weighted by molar-refractivity contribution is 7.14. The molecule has 0 aliphatic carbocycles. The molecule has 1 fully saturated rings. The van der Waals surface area contributed by atoms with E-state index < -0.39 is 0 Å². The van der Waals surface area contributed by atoms with E-state index in [4.69, 9.17) is 9.73 Å². The van der Waals surface area contributed by atoms with Crippen molar-refractivity contribution in [2.24, 2.45) is 4.99 Å². The van der Waals surface area contributed by atoms with Gasteiger partial charge in [-0.15, -0.1) is 11.3 Å². The third kappa shape index (κ3) is 3.85. The van der Waals surface area contributed by atoms with Gasteiger partial charge in [-0.25, -0.2) is 9.38 Å². The topological polar surface area (TPSA) is 40.1 Å². The molecule has 7 heteroatoms. The van der Waals surface area contributed by atoms with Crippen LogP contribution in [0.1, 0.15) is 18.4 Å². The van der Waals surface area contributed by atoms with Gasteiger partial charge in [0.25, 0.3) is 0 Å². The summed E-state index contributed by atoms with van der Waals surface area (Å²) in [5, 5.41) is 6.45. The summed E-state index contributed by atoms with van der Waals surface area (Å²) in [6.45, 7) is 3.66. The Morgan fingerprint density at radius 2 is 2.22 bits per heavy atom. The van der Waals surface area contributed by atoms with Crippen LogP contribution in [0.5, 0.6) is 0 Å². The zero-order valence-electron chi connectivity index (χ0n) is 15.7. The minimum Gasteiger partial charge on any atom is -0.385 e. The number of nitrogens with zero attached hydrogens (tertiary/aromatic N) is 3. The highest BCUT2D eigenvalue weighted by Gasteiger charge is 2.29. The van der Waals surface area contributed by atoms with Crippen LogP contribution >= 0.6 is 11.3 Å². The summed E-state index contributed by atoms with van der Waals surface area (Å²) < 4.78 is 18.9. The van der Waals surface area contributed by atoms with E-state index in [1.54, 1.807) is 24.5 Å². The first-order valence-corrected chi connectivity index (χ1v) is 10.2. The van der Waals surface area contributed by atoms with Gasteiger partial charge in [0.2, 0.25) is 0 Å². The molecule has 2 aliphatic rings. The molecule has 2 aliphatic heterocycles. The molecule has 3 heterocycles. The molecular weight excluding hydrogens is 363 g/mol. The first-order valence-electron chi connectivity index (χ1n) is 9.33. The lowest BCUT2D eigenvalue weighted by molar-refractivity contribution is 0.119. The van der Waals surface area contributed by atoms with Crippen molar-refractivity contribution in [1.82, 2.24) is 9.80 Å². The van der Waals surface area contributed by atoms with Gasteiger partial charge in [-0.2, -0.15) is 0 Å². The molecule has 0 amide bonds. The summed E-state index contributed by atoms with van der Waals surface area (Å²) in [4.78, 5) is 9.76. The molecule has 144 valence electrons. The third-order valence-electron chi connectivity index (χ3n) is 5.30. The molecule has 5 nitrogen and oxygen atoms in total. The van der Waals surface area contributed by atoms with Gasteiger partial charge in [-0.05, 0) is 49.5 Å². The minimum absolute atomic E-state index is 0.254. The number of rotatable bonds is 4. The predicted octanol–water partition coefficient (Wildman–Crippen LogP) is 4.07. The van der Waals surface area contributed by atoms with E-state index in [2.05, 4.69) is 33.6 Å². The van der Waals surface area contributed by atoms with Crippen molar-refractivity contribution in [3.63, 3.8) is 0 Å². The molecule has 27 heavy (non-hydrogen) atoms. The van der Waals surface area contributed by atoms with Crippen LogP contribution in [0.15, 0.2) is 34.6 Å². The average Bonchev–Trinajstić information content (AvgIpc) is 3.05. The zero-order valence-corrected chi connectivity index (χ0v) is 16.6. The lowest BCUT2D eigenvalue weighted by Gasteiger charge is -2.41. The van der Waals surface area contributed by atoms with Gasteiger partial charge in [-0.3, -0.25) is 4.90 Å². The van der Waals surface area contributed by atoms with E-state index in [-0.39, 0.29) is 5.82 Å². The first-order chi connectivity index (χ1) is 13.2. The quantitative estimate of drug-likeness (QED) is 0.802. The maximum atomic E-state index is 13.7. The zero-order chi connectivity index (χ0) is 18.8. The van der Waals surface area contributed by atoms with E-state index in [9.17, 15) is 4.39 Å². The number of ether oxygens (including phenoxy) is 1. The maximum absolute atomic E-state index is 13.7. The molecule has 1 unspecified atom stereocenters. The molecule has 1 N–H and O–H groups in total. The number of piperazine rings is 1. The van der Waals surface area contributed by atoms with Gasteiger partial charge in [0, 0.05) is 39.4 Å². The van der Waals surface area contributed by atoms with Crippen molar-refractivity contribution < 1.29 is 9.13 Å². The number of aliphatic imine (C=N–C) groups is 1. The fraction of sp³-hybridized carbons (Fsp3) is 0.450. The lowest BCUT2D eigenvalue weighted by Crippen LogP contribution is -2.53. The first kappa shape index (κ1) is 18.4. The molecule has 4 rings (SSSR count). The summed E-state index contributed by atoms with van der Waals surface area (Å²) in [6, 6.07) is 7.32. The SMILES string of the molecule is COCCCC1CN(C2=Nc3ccc(F)cc3Nc3sccc32)CCN1C. The number of hydrogen-bond donors (Lipinski definition) is 1.